The van der Waals surface area contributed by atoms with Crippen molar-refractivity contribution in [2.45, 2.75) is 32.7 Å². The zero-order valence-corrected chi connectivity index (χ0v) is 10.4. The van der Waals surface area contributed by atoms with Gasteiger partial charge in [0.1, 0.15) is 0 Å². The van der Waals surface area contributed by atoms with Crippen molar-refractivity contribution in [3.8, 4) is 0 Å². The van der Waals surface area contributed by atoms with Crippen LogP contribution in [0.1, 0.15) is 26.7 Å². The fourth-order valence-corrected chi connectivity index (χ4v) is 1.93. The molecule has 0 heterocycles. The van der Waals surface area contributed by atoms with Gasteiger partial charge in [0.25, 0.3) is 0 Å². The van der Waals surface area contributed by atoms with Crippen LogP contribution < -0.4 is 10.6 Å². The van der Waals surface area contributed by atoms with Crippen LogP contribution >= 0.6 is 24.0 Å². The van der Waals surface area contributed by atoms with Crippen molar-refractivity contribution in [3.63, 3.8) is 0 Å². The number of thiocarbonyl (C=S) groups is 1. The first-order valence-corrected chi connectivity index (χ1v) is 6.58. The molecule has 0 bridgehead atoms. The maximum Gasteiger partial charge on any atom is 0.166 e. The molecule has 0 aliphatic heterocycles. The topological polar surface area (TPSA) is 24.1 Å². The standard InChI is InChI=1S/C9H20N2S2/c1-4-6-10-9(12)11-8(5-2)7-13-3/h8H,4-7H2,1-3H3,(H2,10,11,12). The van der Waals surface area contributed by atoms with E-state index in [9.17, 15) is 0 Å². The summed E-state index contributed by atoms with van der Waals surface area (Å²) < 4.78 is 0. The molecule has 1 unspecified atom stereocenters. The lowest BCUT2D eigenvalue weighted by atomic mass is 10.3. The van der Waals surface area contributed by atoms with Gasteiger partial charge in [-0.2, -0.15) is 11.8 Å². The lowest BCUT2D eigenvalue weighted by molar-refractivity contribution is 0.640. The second kappa shape index (κ2) is 8.63. The summed E-state index contributed by atoms with van der Waals surface area (Å²) in [5, 5.41) is 7.26. The Kier molecular flexibility index (Phi) is 8.66. The minimum atomic E-state index is 0.506. The summed E-state index contributed by atoms with van der Waals surface area (Å²) in [6, 6.07) is 0.506. The molecule has 0 amide bonds. The van der Waals surface area contributed by atoms with Crippen LogP contribution in [0.15, 0.2) is 0 Å². The highest BCUT2D eigenvalue weighted by atomic mass is 32.2. The molecule has 0 aromatic heterocycles. The van der Waals surface area contributed by atoms with E-state index in [1.807, 2.05) is 11.8 Å². The summed E-state index contributed by atoms with van der Waals surface area (Å²) in [5.74, 6) is 1.12. The summed E-state index contributed by atoms with van der Waals surface area (Å²) in [6.07, 6.45) is 4.35. The summed E-state index contributed by atoms with van der Waals surface area (Å²) in [5.41, 5.74) is 0. The zero-order chi connectivity index (χ0) is 10.1. The highest BCUT2D eigenvalue weighted by Crippen LogP contribution is 2.00. The Labute approximate surface area is 91.2 Å². The lowest BCUT2D eigenvalue weighted by Crippen LogP contribution is -2.42. The van der Waals surface area contributed by atoms with Gasteiger partial charge in [0.2, 0.25) is 0 Å². The van der Waals surface area contributed by atoms with E-state index >= 15 is 0 Å². The van der Waals surface area contributed by atoms with Crippen molar-refractivity contribution in [1.29, 1.82) is 0 Å². The smallest absolute Gasteiger partial charge is 0.166 e. The van der Waals surface area contributed by atoms with Crippen LogP contribution in [0.5, 0.6) is 0 Å². The molecular weight excluding hydrogens is 200 g/mol. The maximum absolute atomic E-state index is 5.14. The molecule has 4 heteroatoms. The zero-order valence-electron chi connectivity index (χ0n) is 8.72. The molecule has 0 aromatic carbocycles. The second-order valence-corrected chi connectivity index (χ2v) is 4.28. The third kappa shape index (κ3) is 7.14. The summed E-state index contributed by atoms with van der Waals surface area (Å²) in [4.78, 5) is 0. The number of hydrogen-bond acceptors (Lipinski definition) is 2. The maximum atomic E-state index is 5.14. The molecular formula is C9H20N2S2. The van der Waals surface area contributed by atoms with E-state index in [4.69, 9.17) is 12.2 Å². The highest BCUT2D eigenvalue weighted by Gasteiger charge is 2.05. The van der Waals surface area contributed by atoms with Crippen molar-refractivity contribution in [2.75, 3.05) is 18.6 Å². The number of nitrogens with one attached hydrogen (secondary N) is 2. The van der Waals surface area contributed by atoms with E-state index in [0.29, 0.717) is 6.04 Å². The molecule has 0 radical (unpaired) electrons. The Hall–Kier alpha value is 0.0400. The predicted molar refractivity (Wildman–Crippen MR) is 66.5 cm³/mol. The molecule has 0 spiro atoms. The monoisotopic (exact) mass is 220 g/mol. The van der Waals surface area contributed by atoms with Gasteiger partial charge in [-0.05, 0) is 31.3 Å². The quantitative estimate of drug-likeness (QED) is 0.669. The van der Waals surface area contributed by atoms with E-state index in [-0.39, 0.29) is 0 Å². The minimum absolute atomic E-state index is 0.506. The normalized spacial score (nSPS) is 12.2. The van der Waals surface area contributed by atoms with Crippen LogP contribution in [0.4, 0.5) is 0 Å². The van der Waals surface area contributed by atoms with E-state index in [2.05, 4.69) is 30.7 Å². The fraction of sp³-hybridized carbons (Fsp3) is 0.889. The Bertz CT molecular complexity index is 140. The van der Waals surface area contributed by atoms with Gasteiger partial charge in [-0.25, -0.2) is 0 Å². The predicted octanol–water partition coefficient (Wildman–Crippen LogP) is 2.00. The number of hydrogen-bond donors (Lipinski definition) is 2. The molecule has 1 atom stereocenters. The third-order valence-electron chi connectivity index (χ3n) is 1.73. The van der Waals surface area contributed by atoms with E-state index < -0.39 is 0 Å². The van der Waals surface area contributed by atoms with Crippen molar-refractivity contribution in [1.82, 2.24) is 10.6 Å². The summed E-state index contributed by atoms with van der Waals surface area (Å²) >= 11 is 6.99. The largest absolute Gasteiger partial charge is 0.363 e. The minimum Gasteiger partial charge on any atom is -0.363 e. The van der Waals surface area contributed by atoms with Crippen molar-refractivity contribution < 1.29 is 0 Å². The van der Waals surface area contributed by atoms with Crippen LogP contribution in [-0.2, 0) is 0 Å². The van der Waals surface area contributed by atoms with Gasteiger partial charge in [0.05, 0.1) is 0 Å². The Morgan fingerprint density at radius 3 is 2.62 bits per heavy atom. The molecule has 0 saturated carbocycles. The fourth-order valence-electron chi connectivity index (χ4n) is 0.938. The average Bonchev–Trinajstić information content (AvgIpc) is 2.14. The van der Waals surface area contributed by atoms with Crippen molar-refractivity contribution in [2.24, 2.45) is 0 Å². The second-order valence-electron chi connectivity index (χ2n) is 2.96. The molecule has 0 rings (SSSR count). The first kappa shape index (κ1) is 13.0. The molecule has 0 aliphatic carbocycles. The molecule has 0 saturated heterocycles. The Morgan fingerprint density at radius 2 is 2.15 bits per heavy atom. The molecule has 0 aromatic rings. The van der Waals surface area contributed by atoms with E-state index in [1.54, 1.807) is 0 Å². The van der Waals surface area contributed by atoms with Crippen LogP contribution in [-0.4, -0.2) is 29.7 Å². The van der Waals surface area contributed by atoms with E-state index in [0.717, 1.165) is 30.3 Å². The van der Waals surface area contributed by atoms with E-state index in [1.165, 1.54) is 0 Å². The van der Waals surface area contributed by atoms with Crippen molar-refractivity contribution >= 4 is 29.1 Å². The van der Waals surface area contributed by atoms with Crippen LogP contribution in [0.25, 0.3) is 0 Å². The third-order valence-corrected chi connectivity index (χ3v) is 2.73. The Balaban J connectivity index is 3.60. The van der Waals surface area contributed by atoms with Crippen LogP contribution in [0.3, 0.4) is 0 Å². The molecule has 2 N–H and O–H groups in total. The Morgan fingerprint density at radius 1 is 1.46 bits per heavy atom. The SMILES string of the molecule is CCCNC(=S)NC(CC)CSC. The molecule has 13 heavy (non-hydrogen) atoms. The lowest BCUT2D eigenvalue weighted by Gasteiger charge is -2.18. The summed E-state index contributed by atoms with van der Waals surface area (Å²) in [6.45, 7) is 5.27. The van der Waals surface area contributed by atoms with Crippen molar-refractivity contribution in [3.05, 3.63) is 0 Å². The van der Waals surface area contributed by atoms with Gasteiger partial charge in [-0.3, -0.25) is 0 Å². The average molecular weight is 220 g/mol. The van der Waals surface area contributed by atoms with Crippen LogP contribution in [0, 0.1) is 0 Å². The first-order valence-electron chi connectivity index (χ1n) is 4.77. The number of thioether (sulfide) groups is 1. The van der Waals surface area contributed by atoms with Gasteiger partial charge in [0.15, 0.2) is 5.11 Å². The molecule has 0 aliphatic rings. The van der Waals surface area contributed by atoms with Gasteiger partial charge < -0.3 is 10.6 Å². The van der Waals surface area contributed by atoms with Crippen LogP contribution in [0.2, 0.25) is 0 Å². The van der Waals surface area contributed by atoms with Gasteiger partial charge in [-0.15, -0.1) is 0 Å². The number of rotatable bonds is 6. The first-order chi connectivity index (χ1) is 6.24. The molecule has 0 fully saturated rings. The van der Waals surface area contributed by atoms with Gasteiger partial charge in [-0.1, -0.05) is 13.8 Å². The molecule has 78 valence electrons. The molecule has 2 nitrogen and oxygen atoms in total. The van der Waals surface area contributed by atoms with Gasteiger partial charge >= 0.3 is 0 Å². The highest BCUT2D eigenvalue weighted by molar-refractivity contribution is 7.98. The van der Waals surface area contributed by atoms with Gasteiger partial charge in [0, 0.05) is 18.3 Å². The summed E-state index contributed by atoms with van der Waals surface area (Å²) in [7, 11) is 0.